The Hall–Kier alpha value is -2.27. The molecule has 2 aromatic rings. The van der Waals surface area contributed by atoms with Crippen molar-refractivity contribution in [3.8, 4) is 11.6 Å². The first-order valence-electron chi connectivity index (χ1n) is 9.76. The smallest absolute Gasteiger partial charge is 0.246 e. The second-order valence-electron chi connectivity index (χ2n) is 7.46. The predicted octanol–water partition coefficient (Wildman–Crippen LogP) is 5.42. The quantitative estimate of drug-likeness (QED) is 0.670. The Bertz CT molecular complexity index is 886. The summed E-state index contributed by atoms with van der Waals surface area (Å²) in [4.78, 5) is 21.3. The maximum Gasteiger partial charge on any atom is 0.246 e. The fourth-order valence-electron chi connectivity index (χ4n) is 3.90. The molecule has 0 atom stereocenters. The van der Waals surface area contributed by atoms with Crippen molar-refractivity contribution in [1.29, 1.82) is 0 Å². The van der Waals surface area contributed by atoms with Crippen molar-refractivity contribution in [3.63, 3.8) is 0 Å². The van der Waals surface area contributed by atoms with Gasteiger partial charge in [-0.1, -0.05) is 25.4 Å². The summed E-state index contributed by atoms with van der Waals surface area (Å²) >= 11 is 6.16. The number of benzene rings is 1. The number of halogens is 1. The molecule has 1 aliphatic rings. The first-order valence-corrected chi connectivity index (χ1v) is 10.1. The maximum absolute atomic E-state index is 12.8. The molecule has 1 amide bonds. The third-order valence-corrected chi connectivity index (χ3v) is 5.62. The number of aromatic nitrogens is 1. The van der Waals surface area contributed by atoms with Gasteiger partial charge in [-0.2, -0.15) is 0 Å². The zero-order chi connectivity index (χ0) is 20.6. The molecule has 0 aliphatic carbocycles. The number of hydrogen-bond donors (Lipinski definition) is 0. The van der Waals surface area contributed by atoms with Gasteiger partial charge in [0.15, 0.2) is 0 Å². The molecule has 5 nitrogen and oxygen atoms in total. The Morgan fingerprint density at radius 2 is 1.75 bits per heavy atom. The van der Waals surface area contributed by atoms with Crippen LogP contribution in [0.3, 0.4) is 0 Å². The van der Waals surface area contributed by atoms with Crippen LogP contribution in [0.5, 0.6) is 11.6 Å². The highest BCUT2D eigenvalue weighted by molar-refractivity contribution is 6.30. The van der Waals surface area contributed by atoms with Gasteiger partial charge in [0, 0.05) is 23.8 Å². The Morgan fingerprint density at radius 3 is 2.32 bits per heavy atom. The van der Waals surface area contributed by atoms with Gasteiger partial charge in [0.1, 0.15) is 11.4 Å². The lowest BCUT2D eigenvalue weighted by Crippen LogP contribution is -2.48. The number of rotatable bonds is 5. The van der Waals surface area contributed by atoms with Crippen LogP contribution in [0.1, 0.15) is 43.5 Å². The van der Waals surface area contributed by atoms with E-state index in [9.17, 15) is 4.79 Å². The van der Waals surface area contributed by atoms with Gasteiger partial charge >= 0.3 is 0 Å². The lowest BCUT2D eigenvalue weighted by Gasteiger charge is -2.40. The summed E-state index contributed by atoms with van der Waals surface area (Å²) < 4.78 is 6.30. The minimum atomic E-state index is 0.0412. The monoisotopic (exact) mass is 401 g/mol. The lowest BCUT2D eigenvalue weighted by molar-refractivity contribution is -0.117. The molecule has 0 spiro atoms. The van der Waals surface area contributed by atoms with E-state index in [1.807, 2.05) is 39.0 Å². The van der Waals surface area contributed by atoms with Crippen LogP contribution >= 0.6 is 11.6 Å². The number of fused-ring (bicyclic) bond motifs is 1. The van der Waals surface area contributed by atoms with E-state index in [-0.39, 0.29) is 5.91 Å². The van der Waals surface area contributed by atoms with Crippen molar-refractivity contribution in [1.82, 2.24) is 4.98 Å². The summed E-state index contributed by atoms with van der Waals surface area (Å²) in [6.45, 7) is 10.6. The number of nitrogens with zero attached hydrogens (tertiary/aromatic N) is 3. The van der Waals surface area contributed by atoms with E-state index >= 15 is 0 Å². The van der Waals surface area contributed by atoms with Crippen LogP contribution in [0, 0.1) is 20.8 Å². The Labute approximate surface area is 172 Å². The van der Waals surface area contributed by atoms with Gasteiger partial charge in [0.25, 0.3) is 0 Å². The molecule has 150 valence electrons. The first kappa shape index (κ1) is 20.5. The summed E-state index contributed by atoms with van der Waals surface area (Å²) in [5.41, 5.74) is 4.45. The van der Waals surface area contributed by atoms with Crippen LogP contribution in [0.15, 0.2) is 18.2 Å². The minimum absolute atomic E-state index is 0.0412. The predicted molar refractivity (Wildman–Crippen MR) is 115 cm³/mol. The number of hydrogen-bond acceptors (Lipinski definition) is 4. The largest absolute Gasteiger partial charge is 0.436 e. The lowest BCUT2D eigenvalue weighted by atomic mass is 10.1. The minimum Gasteiger partial charge on any atom is -0.436 e. The van der Waals surface area contributed by atoms with E-state index in [2.05, 4.69) is 23.7 Å². The van der Waals surface area contributed by atoms with E-state index in [0.29, 0.717) is 23.5 Å². The number of carbonyl (C=O) groups is 1. The molecule has 0 fully saturated rings. The van der Waals surface area contributed by atoms with Gasteiger partial charge in [-0.15, -0.1) is 0 Å². The summed E-state index contributed by atoms with van der Waals surface area (Å²) in [5.74, 6) is 1.22. The number of aryl methyl sites for hydroxylation is 3. The zero-order valence-electron chi connectivity index (χ0n) is 17.5. The van der Waals surface area contributed by atoms with Crippen molar-refractivity contribution < 1.29 is 9.53 Å². The van der Waals surface area contributed by atoms with E-state index in [0.717, 1.165) is 46.8 Å². The van der Waals surface area contributed by atoms with Gasteiger partial charge in [-0.25, -0.2) is 4.98 Å². The molecular formula is C22H28ClN3O2. The molecule has 2 heterocycles. The van der Waals surface area contributed by atoms with Gasteiger partial charge in [-0.3, -0.25) is 4.79 Å². The Morgan fingerprint density at radius 1 is 1.14 bits per heavy atom. The number of likely N-dealkylation sites (N-methyl/N-ethyl adjacent to an activating group) is 1. The molecule has 3 rings (SSSR count). The molecule has 0 bridgehead atoms. The van der Waals surface area contributed by atoms with Crippen LogP contribution in [-0.4, -0.2) is 30.5 Å². The van der Waals surface area contributed by atoms with Crippen molar-refractivity contribution in [2.75, 3.05) is 23.4 Å². The van der Waals surface area contributed by atoms with Crippen LogP contribution in [-0.2, 0) is 4.79 Å². The van der Waals surface area contributed by atoms with Gasteiger partial charge in [-0.05, 0) is 62.9 Å². The topological polar surface area (TPSA) is 45.7 Å². The fraction of sp³-hybridized carbons (Fsp3) is 0.455. The Balaban J connectivity index is 2.16. The third-order valence-electron chi connectivity index (χ3n) is 5.40. The van der Waals surface area contributed by atoms with Crippen LogP contribution < -0.4 is 14.5 Å². The second-order valence-corrected chi connectivity index (χ2v) is 7.89. The number of carbonyl (C=O) groups excluding carboxylic acids is 1. The number of ether oxygens (including phenoxy) is 1. The normalized spacial score (nSPS) is 13.9. The highest BCUT2D eigenvalue weighted by atomic mass is 35.5. The van der Waals surface area contributed by atoms with E-state index in [1.165, 1.54) is 0 Å². The summed E-state index contributed by atoms with van der Waals surface area (Å²) in [5, 5.41) is 0.675. The van der Waals surface area contributed by atoms with Crippen LogP contribution in [0.4, 0.5) is 11.4 Å². The average molecular weight is 402 g/mol. The van der Waals surface area contributed by atoms with E-state index in [4.69, 9.17) is 16.3 Å². The number of pyridine rings is 1. The molecule has 0 saturated heterocycles. The highest BCUT2D eigenvalue weighted by Gasteiger charge is 2.34. The number of anilines is 2. The van der Waals surface area contributed by atoms with Crippen LogP contribution in [0.2, 0.25) is 5.02 Å². The van der Waals surface area contributed by atoms with Crippen LogP contribution in [0.25, 0.3) is 0 Å². The summed E-state index contributed by atoms with van der Waals surface area (Å²) in [6.07, 6.45) is 1.94. The fourth-order valence-corrected chi connectivity index (χ4v) is 4.23. The molecule has 0 saturated carbocycles. The molecule has 0 radical (unpaired) electrons. The molecule has 1 aliphatic heterocycles. The number of amides is 1. The van der Waals surface area contributed by atoms with Crippen molar-refractivity contribution in [2.24, 2.45) is 0 Å². The van der Waals surface area contributed by atoms with Gasteiger partial charge in [0.05, 0.1) is 12.2 Å². The standard InChI is InChI=1S/C22H28ClN3O2/c1-7-17(8-2)26-12-19(27)25(6)20-18(26)11-15(5)24-22(20)28-21-13(3)9-16(23)10-14(21)4/h9-11,17H,7-8,12H2,1-6H3. The van der Waals surface area contributed by atoms with E-state index in [1.54, 1.807) is 11.9 Å². The molecule has 0 unspecified atom stereocenters. The SMILES string of the molecule is CCC(CC)N1CC(=O)N(C)c2c1cc(C)nc2Oc1c(C)cc(Cl)cc1C. The van der Waals surface area contributed by atoms with Crippen molar-refractivity contribution in [2.45, 2.75) is 53.5 Å². The third kappa shape index (κ3) is 3.68. The summed E-state index contributed by atoms with van der Waals surface area (Å²) in [6, 6.07) is 6.09. The summed E-state index contributed by atoms with van der Waals surface area (Å²) in [7, 11) is 1.79. The molecule has 1 aromatic carbocycles. The first-order chi connectivity index (χ1) is 13.3. The Kier molecular flexibility index (Phi) is 5.84. The molecule has 28 heavy (non-hydrogen) atoms. The molecule has 1 aromatic heterocycles. The molecule has 6 heteroatoms. The zero-order valence-corrected chi connectivity index (χ0v) is 18.2. The average Bonchev–Trinajstić information content (AvgIpc) is 2.62. The molecule has 0 N–H and O–H groups in total. The van der Waals surface area contributed by atoms with Crippen molar-refractivity contribution >= 4 is 28.9 Å². The highest BCUT2D eigenvalue weighted by Crippen LogP contribution is 2.44. The maximum atomic E-state index is 12.8. The van der Waals surface area contributed by atoms with E-state index < -0.39 is 0 Å². The second kappa shape index (κ2) is 8.00. The molecular weight excluding hydrogens is 374 g/mol. The van der Waals surface area contributed by atoms with Gasteiger partial charge < -0.3 is 14.5 Å². The van der Waals surface area contributed by atoms with Gasteiger partial charge in [0.2, 0.25) is 11.8 Å². The van der Waals surface area contributed by atoms with Crippen molar-refractivity contribution in [3.05, 3.63) is 40.0 Å².